The van der Waals surface area contributed by atoms with Crippen molar-refractivity contribution in [2.24, 2.45) is 0 Å². The number of aliphatic hydroxyl groups is 3. The third-order valence-corrected chi connectivity index (χ3v) is 3.87. The highest BCUT2D eigenvalue weighted by atomic mass is 16.6. The van der Waals surface area contributed by atoms with Crippen molar-refractivity contribution in [1.82, 2.24) is 10.6 Å². The molecule has 0 saturated carbocycles. The van der Waals surface area contributed by atoms with Crippen molar-refractivity contribution in [2.75, 3.05) is 13.2 Å². The Morgan fingerprint density at radius 3 is 2.04 bits per heavy atom. The van der Waals surface area contributed by atoms with Crippen molar-refractivity contribution in [3.8, 4) is 0 Å². The minimum absolute atomic E-state index is 0.163. The lowest BCUT2D eigenvalue weighted by molar-refractivity contribution is -0.394. The van der Waals surface area contributed by atoms with Crippen molar-refractivity contribution in [1.29, 1.82) is 0 Å². The second-order valence-electron chi connectivity index (χ2n) is 5.51. The molecule has 2 rings (SSSR count). The number of hydrogen-bond donors (Lipinski definition) is 5. The van der Waals surface area contributed by atoms with Crippen molar-refractivity contribution in [3.63, 3.8) is 0 Å². The fourth-order valence-corrected chi connectivity index (χ4v) is 2.53. The van der Waals surface area contributed by atoms with E-state index in [9.17, 15) is 35.2 Å². The summed E-state index contributed by atoms with van der Waals surface area (Å²) in [5.74, 6) is -0.817. The molecule has 0 aliphatic carbocycles. The van der Waals surface area contributed by atoms with Gasteiger partial charge in [-0.1, -0.05) is 0 Å². The summed E-state index contributed by atoms with van der Waals surface area (Å²) in [6.45, 7) is -0.580. The van der Waals surface area contributed by atoms with E-state index in [0.717, 1.165) is 18.2 Å². The highest BCUT2D eigenvalue weighted by Gasteiger charge is 2.40. The molecule has 1 fully saturated rings. The third-order valence-electron chi connectivity index (χ3n) is 3.87. The summed E-state index contributed by atoms with van der Waals surface area (Å²) in [5.41, 5.74) is -1.49. The van der Waals surface area contributed by atoms with Crippen molar-refractivity contribution in [3.05, 3.63) is 44.0 Å². The second kappa shape index (κ2) is 7.48. The molecular weight excluding hydrogens is 340 g/mol. The predicted molar refractivity (Wildman–Crippen MR) is 81.9 cm³/mol. The van der Waals surface area contributed by atoms with Gasteiger partial charge in [-0.05, 0) is 0 Å². The van der Waals surface area contributed by atoms with Crippen LogP contribution >= 0.6 is 0 Å². The van der Waals surface area contributed by atoms with Gasteiger partial charge in [-0.3, -0.25) is 25.0 Å². The normalized spacial score (nSPS) is 25.6. The molecule has 136 valence electrons. The number of nitro groups is 2. The number of nitrogens with zero attached hydrogens (tertiary/aromatic N) is 2. The average Bonchev–Trinajstić information content (AvgIpc) is 2.86. The molecule has 1 saturated heterocycles. The van der Waals surface area contributed by atoms with Crippen molar-refractivity contribution < 1.29 is 30.0 Å². The Morgan fingerprint density at radius 1 is 1.08 bits per heavy atom. The van der Waals surface area contributed by atoms with Crippen molar-refractivity contribution in [2.45, 2.75) is 24.3 Å². The number of non-ortho nitro benzene ring substituents is 2. The van der Waals surface area contributed by atoms with Gasteiger partial charge in [0, 0.05) is 18.7 Å². The summed E-state index contributed by atoms with van der Waals surface area (Å²) in [5, 5.41) is 55.3. The Bertz CT molecular complexity index is 664. The molecule has 1 aromatic rings. The number of hydrogen-bond acceptors (Lipinski definition) is 9. The van der Waals surface area contributed by atoms with Gasteiger partial charge >= 0.3 is 0 Å². The van der Waals surface area contributed by atoms with Crippen LogP contribution in [0, 0.1) is 20.2 Å². The monoisotopic (exact) mass is 356 g/mol. The first-order valence-electron chi connectivity index (χ1n) is 7.19. The van der Waals surface area contributed by atoms with Gasteiger partial charge < -0.3 is 26.0 Å². The van der Waals surface area contributed by atoms with E-state index in [1.54, 1.807) is 0 Å². The molecule has 0 unspecified atom stereocenters. The standard InChI is InChI=1S/C13H16N4O8/c18-5-10-12(20)11(19)9(15-10)4-14-13(21)6-1-7(16(22)23)3-8(2-6)17(24)25/h1-3,9-12,15,18-20H,4-5H2,(H,14,21)/t9-,10+,11+,12-/m0/s1. The maximum absolute atomic E-state index is 12.1. The quantitative estimate of drug-likeness (QED) is 0.292. The van der Waals surface area contributed by atoms with Gasteiger partial charge in [-0.2, -0.15) is 0 Å². The highest BCUT2D eigenvalue weighted by Crippen LogP contribution is 2.22. The molecule has 1 aliphatic heterocycles. The number of aliphatic hydroxyl groups excluding tert-OH is 3. The van der Waals surface area contributed by atoms with Crippen molar-refractivity contribution >= 4 is 17.3 Å². The van der Waals surface area contributed by atoms with E-state index >= 15 is 0 Å². The van der Waals surface area contributed by atoms with E-state index in [1.165, 1.54) is 0 Å². The lowest BCUT2D eigenvalue weighted by Crippen LogP contribution is -2.44. The molecule has 1 heterocycles. The Labute approximate surface area is 140 Å². The fraction of sp³-hybridized carbons (Fsp3) is 0.462. The molecule has 12 nitrogen and oxygen atoms in total. The van der Waals surface area contributed by atoms with Crippen LogP contribution < -0.4 is 10.6 Å². The first-order valence-corrected chi connectivity index (χ1v) is 7.19. The molecule has 0 spiro atoms. The van der Waals surface area contributed by atoms with E-state index in [4.69, 9.17) is 5.11 Å². The average molecular weight is 356 g/mol. The third kappa shape index (κ3) is 4.06. The van der Waals surface area contributed by atoms with Crippen LogP contribution in [0.15, 0.2) is 18.2 Å². The second-order valence-corrected chi connectivity index (χ2v) is 5.51. The molecule has 1 amide bonds. The number of nitro benzene ring substituents is 2. The first kappa shape index (κ1) is 18.7. The largest absolute Gasteiger partial charge is 0.395 e. The zero-order valence-electron chi connectivity index (χ0n) is 12.7. The van der Waals surface area contributed by atoms with E-state index in [-0.39, 0.29) is 12.1 Å². The molecule has 25 heavy (non-hydrogen) atoms. The Hall–Kier alpha value is -2.67. The molecular formula is C13H16N4O8. The molecule has 0 radical (unpaired) electrons. The summed E-state index contributed by atoms with van der Waals surface area (Å²) in [4.78, 5) is 32.1. The smallest absolute Gasteiger partial charge is 0.277 e. The molecule has 0 aromatic heterocycles. The molecule has 12 heteroatoms. The van der Waals surface area contributed by atoms with Crippen LogP contribution in [-0.2, 0) is 0 Å². The number of amides is 1. The number of rotatable bonds is 6. The summed E-state index contributed by atoms with van der Waals surface area (Å²) >= 11 is 0. The van der Waals surface area contributed by atoms with Crippen LogP contribution in [0.4, 0.5) is 11.4 Å². The Morgan fingerprint density at radius 2 is 1.60 bits per heavy atom. The van der Waals surface area contributed by atoms with E-state index in [0.29, 0.717) is 0 Å². The summed E-state index contributed by atoms with van der Waals surface area (Å²) in [7, 11) is 0. The molecule has 4 atom stereocenters. The summed E-state index contributed by atoms with van der Waals surface area (Å²) < 4.78 is 0. The minimum atomic E-state index is -1.24. The van der Waals surface area contributed by atoms with Crippen LogP contribution in [0.25, 0.3) is 0 Å². The molecule has 5 N–H and O–H groups in total. The van der Waals surface area contributed by atoms with Gasteiger partial charge in [-0.25, -0.2) is 0 Å². The van der Waals surface area contributed by atoms with Gasteiger partial charge in [-0.15, -0.1) is 0 Å². The number of carbonyl (C=O) groups excluding carboxylic acids is 1. The maximum Gasteiger partial charge on any atom is 0.277 e. The lowest BCUT2D eigenvalue weighted by Gasteiger charge is -2.16. The zero-order valence-corrected chi connectivity index (χ0v) is 12.7. The molecule has 0 bridgehead atoms. The number of benzene rings is 1. The SMILES string of the molecule is O=C(NC[C@@H]1N[C@H](CO)[C@H](O)[C@@H]1O)c1cc([N+](=O)[O-])cc([N+](=O)[O-])c1. The van der Waals surface area contributed by atoms with E-state index in [2.05, 4.69) is 10.6 Å². The van der Waals surface area contributed by atoms with Crippen LogP contribution in [0.2, 0.25) is 0 Å². The molecule has 1 aliphatic rings. The Balaban J connectivity index is 2.11. The van der Waals surface area contributed by atoms with Gasteiger partial charge in [0.05, 0.1) is 52.4 Å². The maximum atomic E-state index is 12.1. The zero-order chi connectivity index (χ0) is 18.7. The minimum Gasteiger partial charge on any atom is -0.395 e. The van der Waals surface area contributed by atoms with Gasteiger partial charge in [0.25, 0.3) is 17.3 Å². The van der Waals surface area contributed by atoms with Gasteiger partial charge in [0.15, 0.2) is 0 Å². The van der Waals surface area contributed by atoms with Crippen LogP contribution in [0.3, 0.4) is 0 Å². The first-order chi connectivity index (χ1) is 11.7. The number of nitrogens with one attached hydrogen (secondary N) is 2. The van der Waals surface area contributed by atoms with Crippen LogP contribution in [0.1, 0.15) is 10.4 Å². The van der Waals surface area contributed by atoms with Gasteiger partial charge in [0.2, 0.25) is 0 Å². The van der Waals surface area contributed by atoms with Crippen LogP contribution in [0.5, 0.6) is 0 Å². The Kier molecular flexibility index (Phi) is 5.58. The van der Waals surface area contributed by atoms with Crippen LogP contribution in [-0.4, -0.2) is 68.5 Å². The predicted octanol–water partition coefficient (Wildman–Crippen LogP) is -1.71. The highest BCUT2D eigenvalue weighted by molar-refractivity contribution is 5.95. The fourth-order valence-electron chi connectivity index (χ4n) is 2.53. The lowest BCUT2D eigenvalue weighted by atomic mass is 10.1. The topological polar surface area (TPSA) is 188 Å². The number of carbonyl (C=O) groups is 1. The molecule has 1 aromatic carbocycles. The van der Waals surface area contributed by atoms with Gasteiger partial charge in [0.1, 0.15) is 0 Å². The van der Waals surface area contributed by atoms with E-state index in [1.807, 2.05) is 0 Å². The van der Waals surface area contributed by atoms with E-state index < -0.39 is 58.0 Å². The summed E-state index contributed by atoms with van der Waals surface area (Å²) in [6.07, 6.45) is -2.46. The summed E-state index contributed by atoms with van der Waals surface area (Å²) in [6, 6.07) is 1.01.